The molecule has 12 nitrogen and oxygen atoms in total. The van der Waals surface area contributed by atoms with Gasteiger partial charge < -0.3 is 19.4 Å². The lowest BCUT2D eigenvalue weighted by atomic mass is 9.99. The van der Waals surface area contributed by atoms with Crippen LogP contribution in [0.3, 0.4) is 0 Å². The zero-order chi connectivity index (χ0) is 31.9. The van der Waals surface area contributed by atoms with Crippen LogP contribution in [0.2, 0.25) is 18.1 Å². The number of benzene rings is 2. The third kappa shape index (κ3) is 5.64. The van der Waals surface area contributed by atoms with E-state index in [1.165, 1.54) is 10.9 Å². The number of amides is 1. The molecule has 2 atom stereocenters. The molecule has 3 N–H and O–H groups in total. The minimum absolute atomic E-state index is 0.0539. The van der Waals surface area contributed by atoms with Crippen LogP contribution in [0.1, 0.15) is 54.1 Å². The van der Waals surface area contributed by atoms with Crippen LogP contribution >= 0.6 is 0 Å². The first kappa shape index (κ1) is 31.4. The van der Waals surface area contributed by atoms with Crippen molar-refractivity contribution in [2.45, 2.75) is 63.3 Å². The Balaban J connectivity index is 1.60. The highest BCUT2D eigenvalue weighted by molar-refractivity contribution is 6.74. The smallest absolute Gasteiger partial charge is 0.290 e. The molecule has 0 saturated carbocycles. The van der Waals surface area contributed by atoms with Crippen LogP contribution in [0.5, 0.6) is 0 Å². The summed E-state index contributed by atoms with van der Waals surface area (Å²) in [7, 11) is -2.36. The summed E-state index contributed by atoms with van der Waals surface area (Å²) >= 11 is 0. The number of carbonyl (C=O) groups is 2. The van der Waals surface area contributed by atoms with Gasteiger partial charge >= 0.3 is 0 Å². The zero-order valence-corrected chi connectivity index (χ0v) is 26.4. The molecule has 0 aliphatic carbocycles. The Labute approximate surface area is 255 Å². The Kier molecular flexibility index (Phi) is 8.44. The Morgan fingerprint density at radius 1 is 1.05 bits per heavy atom. The Morgan fingerprint density at radius 3 is 2.20 bits per heavy atom. The Hall–Kier alpha value is -4.01. The van der Waals surface area contributed by atoms with Gasteiger partial charge in [-0.1, -0.05) is 57.2 Å². The Bertz CT molecular complexity index is 1730. The number of anilines is 1. The summed E-state index contributed by atoms with van der Waals surface area (Å²) in [4.78, 5) is 49.4. The van der Waals surface area contributed by atoms with Crippen molar-refractivity contribution in [3.63, 3.8) is 0 Å². The van der Waals surface area contributed by atoms with Crippen LogP contribution in [0.4, 0.5) is 5.95 Å². The molecular formula is C31H37N5O7Si. The number of hydrogen-bond acceptors (Lipinski definition) is 9. The maximum Gasteiger partial charge on any atom is 0.290 e. The molecule has 44 heavy (non-hydrogen) atoms. The number of nitrogens with one attached hydrogen (secondary N) is 1. The van der Waals surface area contributed by atoms with Crippen LogP contribution < -0.4 is 10.9 Å². The first-order chi connectivity index (χ1) is 20.8. The SMILES string of the molecule is CC(C)(C)[Si](C)(C)O[C@H]1C[C@H](n2cnc3c(=O)n(C(=O)c4ccccc4)c(NC(=O)c4ccccc4)nc32)OC1(CO)CO. The van der Waals surface area contributed by atoms with Crippen molar-refractivity contribution in [3.8, 4) is 0 Å². The number of aliphatic hydroxyl groups is 2. The molecule has 1 aliphatic heterocycles. The number of nitrogens with zero attached hydrogens (tertiary/aromatic N) is 4. The van der Waals surface area contributed by atoms with E-state index in [-0.39, 0.29) is 34.1 Å². The second kappa shape index (κ2) is 11.8. The monoisotopic (exact) mass is 619 g/mol. The van der Waals surface area contributed by atoms with E-state index >= 15 is 0 Å². The van der Waals surface area contributed by atoms with E-state index in [2.05, 4.69) is 49.1 Å². The molecule has 232 valence electrons. The molecule has 3 heterocycles. The van der Waals surface area contributed by atoms with Gasteiger partial charge in [0.25, 0.3) is 17.4 Å². The van der Waals surface area contributed by atoms with Gasteiger partial charge in [-0.05, 0) is 42.4 Å². The maximum absolute atomic E-state index is 13.8. The molecule has 13 heteroatoms. The van der Waals surface area contributed by atoms with Crippen LogP contribution in [0.15, 0.2) is 71.8 Å². The number of aromatic nitrogens is 4. The molecule has 2 aromatic heterocycles. The highest BCUT2D eigenvalue weighted by Crippen LogP contribution is 2.45. The van der Waals surface area contributed by atoms with E-state index < -0.39 is 56.8 Å². The van der Waals surface area contributed by atoms with Crippen molar-refractivity contribution in [1.82, 2.24) is 19.1 Å². The predicted octanol–water partition coefficient (Wildman–Crippen LogP) is 3.57. The lowest BCUT2D eigenvalue weighted by Crippen LogP contribution is -2.54. The van der Waals surface area contributed by atoms with Crippen LogP contribution in [0.25, 0.3) is 11.2 Å². The van der Waals surface area contributed by atoms with Crippen molar-refractivity contribution in [2.75, 3.05) is 18.5 Å². The number of rotatable bonds is 8. The van der Waals surface area contributed by atoms with E-state index in [4.69, 9.17) is 9.16 Å². The average Bonchev–Trinajstić information content (AvgIpc) is 3.59. The molecule has 1 aliphatic rings. The van der Waals surface area contributed by atoms with Gasteiger partial charge in [0.2, 0.25) is 5.95 Å². The van der Waals surface area contributed by atoms with E-state index in [0.717, 1.165) is 4.57 Å². The van der Waals surface area contributed by atoms with Gasteiger partial charge in [0.15, 0.2) is 19.5 Å². The average molecular weight is 620 g/mol. The second-order valence-corrected chi connectivity index (χ2v) is 17.2. The predicted molar refractivity (Wildman–Crippen MR) is 166 cm³/mol. The summed E-state index contributed by atoms with van der Waals surface area (Å²) < 4.78 is 15.2. The van der Waals surface area contributed by atoms with E-state index in [1.54, 1.807) is 60.7 Å². The van der Waals surface area contributed by atoms with Crippen molar-refractivity contribution < 1.29 is 29.0 Å². The number of ether oxygens (including phenoxy) is 1. The topological polar surface area (TPSA) is 158 Å². The van der Waals surface area contributed by atoms with Crippen molar-refractivity contribution in [1.29, 1.82) is 0 Å². The van der Waals surface area contributed by atoms with Crippen molar-refractivity contribution in [2.24, 2.45) is 0 Å². The molecule has 0 bridgehead atoms. The van der Waals surface area contributed by atoms with Gasteiger partial charge in [-0.25, -0.2) is 9.55 Å². The van der Waals surface area contributed by atoms with Gasteiger partial charge in [-0.15, -0.1) is 0 Å². The molecule has 0 radical (unpaired) electrons. The van der Waals surface area contributed by atoms with Gasteiger partial charge in [0, 0.05) is 17.5 Å². The van der Waals surface area contributed by atoms with Crippen molar-refractivity contribution in [3.05, 3.63) is 88.5 Å². The number of aliphatic hydroxyl groups excluding tert-OH is 2. The summed E-state index contributed by atoms with van der Waals surface area (Å²) in [5.41, 5.74) is -1.76. The fraction of sp³-hybridized carbons (Fsp3) is 0.387. The molecule has 1 saturated heterocycles. The highest BCUT2D eigenvalue weighted by atomic mass is 28.4. The Morgan fingerprint density at radius 2 is 1.64 bits per heavy atom. The first-order valence-corrected chi connectivity index (χ1v) is 17.3. The maximum atomic E-state index is 13.8. The third-order valence-electron chi connectivity index (χ3n) is 8.54. The van der Waals surface area contributed by atoms with Crippen molar-refractivity contribution >= 4 is 37.2 Å². The van der Waals surface area contributed by atoms with E-state index in [9.17, 15) is 24.6 Å². The minimum atomic E-state index is -2.36. The molecule has 1 fully saturated rings. The molecular weight excluding hydrogens is 582 g/mol. The summed E-state index contributed by atoms with van der Waals surface area (Å²) in [5.74, 6) is -1.56. The van der Waals surface area contributed by atoms with Crippen LogP contribution in [0, 0.1) is 0 Å². The summed E-state index contributed by atoms with van der Waals surface area (Å²) in [6.45, 7) is 9.40. The van der Waals surface area contributed by atoms with Crippen LogP contribution in [-0.2, 0) is 9.16 Å². The second-order valence-electron chi connectivity index (χ2n) is 12.4. The summed E-state index contributed by atoms with van der Waals surface area (Å²) in [5, 5.41) is 23.3. The number of fused-ring (bicyclic) bond motifs is 1. The molecule has 5 rings (SSSR count). The van der Waals surface area contributed by atoms with Gasteiger partial charge in [-0.3, -0.25) is 24.3 Å². The molecule has 4 aromatic rings. The number of imidazole rings is 1. The fourth-order valence-electron chi connectivity index (χ4n) is 4.90. The highest BCUT2D eigenvalue weighted by Gasteiger charge is 2.53. The summed E-state index contributed by atoms with van der Waals surface area (Å²) in [6, 6.07) is 16.5. The largest absolute Gasteiger partial charge is 0.411 e. The number of carbonyl (C=O) groups excluding carboxylic acids is 2. The first-order valence-electron chi connectivity index (χ1n) is 14.3. The molecule has 1 amide bonds. The molecule has 0 spiro atoms. The normalized spacial score (nSPS) is 18.4. The fourth-order valence-corrected chi connectivity index (χ4v) is 6.28. The van der Waals surface area contributed by atoms with E-state index in [0.29, 0.717) is 5.56 Å². The molecule has 0 unspecified atom stereocenters. The quantitative estimate of drug-likeness (QED) is 0.251. The number of hydrogen-bond donors (Lipinski definition) is 3. The lowest BCUT2D eigenvalue weighted by molar-refractivity contribution is -0.146. The van der Waals surface area contributed by atoms with Gasteiger partial charge in [-0.2, -0.15) is 4.98 Å². The lowest BCUT2D eigenvalue weighted by Gasteiger charge is -2.42. The van der Waals surface area contributed by atoms with E-state index in [1.807, 2.05) is 0 Å². The van der Waals surface area contributed by atoms with Gasteiger partial charge in [0.05, 0.1) is 25.6 Å². The third-order valence-corrected chi connectivity index (χ3v) is 13.0. The minimum Gasteiger partial charge on any atom is -0.411 e. The van der Waals surface area contributed by atoms with Crippen LogP contribution in [-0.4, -0.2) is 74.4 Å². The standard InChI is InChI=1S/C31H37N5O7Si/c1-30(2,3)44(4,5)43-22-16-23(42-31(22,17-37)18-38)35-19-32-24-25(35)33-29(34-26(39)20-12-8-6-9-13-20)36(28(24)41)27(40)21-14-10-7-11-15-21/h6-15,19,22-23,37-38H,16-18H2,1-5H3,(H,33,34,39)/t22-,23+/m0/s1. The zero-order valence-electron chi connectivity index (χ0n) is 25.4. The molecule has 2 aromatic carbocycles. The van der Waals surface area contributed by atoms with Gasteiger partial charge in [0.1, 0.15) is 11.8 Å². The summed E-state index contributed by atoms with van der Waals surface area (Å²) in [6.07, 6.45) is 0.0776.